The van der Waals surface area contributed by atoms with Crippen molar-refractivity contribution >= 4 is 11.4 Å². The van der Waals surface area contributed by atoms with E-state index in [9.17, 15) is 10.1 Å². The maximum absolute atomic E-state index is 10.8. The Morgan fingerprint density at radius 1 is 1.07 bits per heavy atom. The number of nitrogens with zero attached hydrogens (tertiary/aromatic N) is 4. The second kappa shape index (κ2) is 7.55. The molecule has 0 radical (unpaired) electrons. The molecule has 1 N–H and O–H groups in total. The number of non-ortho nitro benzene ring substituents is 1. The van der Waals surface area contributed by atoms with E-state index in [2.05, 4.69) is 15.0 Å². The van der Waals surface area contributed by atoms with Crippen LogP contribution in [-0.2, 0) is 6.54 Å². The third kappa shape index (κ3) is 3.95. The number of rotatable bonds is 5. The lowest BCUT2D eigenvalue weighted by molar-refractivity contribution is -0.915. The van der Waals surface area contributed by atoms with Gasteiger partial charge in [0, 0.05) is 23.4 Å². The minimum absolute atomic E-state index is 0.119. The Hall–Kier alpha value is -3.26. The van der Waals surface area contributed by atoms with Gasteiger partial charge >= 0.3 is 0 Å². The fourth-order valence-electron chi connectivity index (χ4n) is 3.29. The molecule has 1 saturated heterocycles. The molecule has 3 aromatic rings. The number of nitro groups is 1. The van der Waals surface area contributed by atoms with E-state index in [-0.39, 0.29) is 10.6 Å². The van der Waals surface area contributed by atoms with Gasteiger partial charge in [0.2, 0.25) is 5.82 Å². The van der Waals surface area contributed by atoms with Gasteiger partial charge in [-0.15, -0.1) is 0 Å². The fourth-order valence-corrected chi connectivity index (χ4v) is 3.29. The van der Waals surface area contributed by atoms with E-state index >= 15 is 0 Å². The molecule has 138 valence electrons. The molecule has 2 aromatic carbocycles. The number of aromatic nitrogens is 2. The predicted molar refractivity (Wildman–Crippen MR) is 99.4 cm³/mol. The van der Waals surface area contributed by atoms with Crippen molar-refractivity contribution in [1.29, 1.82) is 0 Å². The van der Waals surface area contributed by atoms with E-state index in [0.29, 0.717) is 18.3 Å². The van der Waals surface area contributed by atoms with E-state index in [4.69, 9.17) is 4.52 Å². The molecule has 0 amide bonds. The van der Waals surface area contributed by atoms with Gasteiger partial charge in [-0.1, -0.05) is 35.5 Å². The Morgan fingerprint density at radius 3 is 2.44 bits per heavy atom. The van der Waals surface area contributed by atoms with Crippen molar-refractivity contribution in [3.63, 3.8) is 0 Å². The van der Waals surface area contributed by atoms with Gasteiger partial charge in [0.1, 0.15) is 0 Å². The van der Waals surface area contributed by atoms with Crippen LogP contribution in [0.2, 0.25) is 0 Å². The Balaban J connectivity index is 1.33. The summed E-state index contributed by atoms with van der Waals surface area (Å²) in [7, 11) is 0. The van der Waals surface area contributed by atoms with Gasteiger partial charge in [0.15, 0.2) is 6.54 Å². The molecule has 0 saturated carbocycles. The molecular weight excluding hydrogens is 346 g/mol. The molecule has 2 heterocycles. The minimum atomic E-state index is -0.375. The summed E-state index contributed by atoms with van der Waals surface area (Å²) in [5, 5.41) is 14.8. The minimum Gasteiger partial charge on any atom is -0.360 e. The Morgan fingerprint density at radius 2 is 1.78 bits per heavy atom. The van der Waals surface area contributed by atoms with E-state index in [1.807, 2.05) is 42.5 Å². The molecule has 0 aliphatic carbocycles. The maximum Gasteiger partial charge on any atom is 0.282 e. The van der Waals surface area contributed by atoms with E-state index in [0.717, 1.165) is 37.4 Å². The summed E-state index contributed by atoms with van der Waals surface area (Å²) in [5.74, 6) is 1.27. The zero-order valence-electron chi connectivity index (χ0n) is 14.7. The van der Waals surface area contributed by atoms with Crippen molar-refractivity contribution in [2.45, 2.75) is 6.54 Å². The summed E-state index contributed by atoms with van der Waals surface area (Å²) in [6.45, 7) is 4.35. The van der Waals surface area contributed by atoms with Crippen LogP contribution in [0, 0.1) is 10.1 Å². The van der Waals surface area contributed by atoms with Gasteiger partial charge in [0.25, 0.3) is 11.6 Å². The topological polar surface area (TPSA) is 89.7 Å². The van der Waals surface area contributed by atoms with Crippen LogP contribution in [0.1, 0.15) is 5.89 Å². The van der Waals surface area contributed by atoms with E-state index < -0.39 is 0 Å². The first-order valence-electron chi connectivity index (χ1n) is 8.90. The molecule has 1 aromatic heterocycles. The van der Waals surface area contributed by atoms with E-state index in [1.165, 1.54) is 4.90 Å². The van der Waals surface area contributed by atoms with Crippen molar-refractivity contribution < 1.29 is 14.3 Å². The quantitative estimate of drug-likeness (QED) is 0.544. The number of nitro benzene ring substituents is 1. The summed E-state index contributed by atoms with van der Waals surface area (Å²) >= 11 is 0. The van der Waals surface area contributed by atoms with Crippen LogP contribution >= 0.6 is 0 Å². The van der Waals surface area contributed by atoms with Crippen LogP contribution in [0.4, 0.5) is 11.4 Å². The number of piperazine rings is 1. The highest BCUT2D eigenvalue weighted by molar-refractivity contribution is 5.53. The third-order valence-corrected chi connectivity index (χ3v) is 4.80. The van der Waals surface area contributed by atoms with Gasteiger partial charge in [0.05, 0.1) is 31.1 Å². The first-order valence-corrected chi connectivity index (χ1v) is 8.90. The molecule has 0 atom stereocenters. The van der Waals surface area contributed by atoms with Crippen LogP contribution in [-0.4, -0.2) is 41.2 Å². The Bertz CT molecular complexity index is 903. The average Bonchev–Trinajstić information content (AvgIpc) is 3.18. The molecule has 8 nitrogen and oxygen atoms in total. The van der Waals surface area contributed by atoms with Gasteiger partial charge in [-0.05, 0) is 12.1 Å². The zero-order chi connectivity index (χ0) is 18.6. The molecular formula is C19H20N5O3+. The summed E-state index contributed by atoms with van der Waals surface area (Å²) in [6.07, 6.45) is 0. The number of hydrogen-bond acceptors (Lipinski definition) is 6. The largest absolute Gasteiger partial charge is 0.360 e. The van der Waals surface area contributed by atoms with Crippen LogP contribution in [0.25, 0.3) is 11.4 Å². The van der Waals surface area contributed by atoms with Crippen LogP contribution in [0.15, 0.2) is 59.1 Å². The molecule has 1 aliphatic heterocycles. The van der Waals surface area contributed by atoms with Crippen molar-refractivity contribution in [2.75, 3.05) is 31.1 Å². The molecule has 4 rings (SSSR count). The van der Waals surface area contributed by atoms with Crippen LogP contribution < -0.4 is 9.80 Å². The van der Waals surface area contributed by atoms with Crippen molar-refractivity contribution in [3.05, 3.63) is 70.6 Å². The number of anilines is 1. The lowest BCUT2D eigenvalue weighted by Crippen LogP contribution is -3.13. The lowest BCUT2D eigenvalue weighted by Gasteiger charge is -2.32. The van der Waals surface area contributed by atoms with Crippen LogP contribution in [0.3, 0.4) is 0 Å². The van der Waals surface area contributed by atoms with Gasteiger partial charge in [-0.25, -0.2) is 0 Å². The normalized spacial score (nSPS) is 15.0. The molecule has 8 heteroatoms. The van der Waals surface area contributed by atoms with Crippen molar-refractivity contribution in [3.8, 4) is 11.4 Å². The Kier molecular flexibility index (Phi) is 4.80. The number of hydrogen-bond donors (Lipinski definition) is 1. The maximum atomic E-state index is 10.8. The van der Waals surface area contributed by atoms with Crippen molar-refractivity contribution in [1.82, 2.24) is 10.1 Å². The zero-order valence-corrected chi connectivity index (χ0v) is 14.7. The first kappa shape index (κ1) is 17.2. The van der Waals surface area contributed by atoms with Gasteiger partial charge in [-0.3, -0.25) is 10.1 Å². The monoisotopic (exact) mass is 366 g/mol. The van der Waals surface area contributed by atoms with Crippen LogP contribution in [0.5, 0.6) is 0 Å². The number of benzene rings is 2. The molecule has 1 aliphatic rings. The van der Waals surface area contributed by atoms with Crippen molar-refractivity contribution in [2.24, 2.45) is 0 Å². The molecule has 0 unspecified atom stereocenters. The summed E-state index contributed by atoms with van der Waals surface area (Å²) < 4.78 is 5.41. The van der Waals surface area contributed by atoms with E-state index in [1.54, 1.807) is 12.1 Å². The average molecular weight is 366 g/mol. The smallest absolute Gasteiger partial charge is 0.282 e. The van der Waals surface area contributed by atoms with Gasteiger partial charge < -0.3 is 14.3 Å². The third-order valence-electron chi connectivity index (χ3n) is 4.80. The predicted octanol–water partition coefficient (Wildman–Crippen LogP) is 1.55. The standard InChI is InChI=1S/C19H19N5O3/c25-24(26)17-8-6-16(7-9-17)23-12-10-22(11-13-23)14-18-20-19(21-27-18)15-4-2-1-3-5-15/h1-9H,10-14H2/p+1. The highest BCUT2D eigenvalue weighted by Crippen LogP contribution is 2.19. The SMILES string of the molecule is O=[N+]([O-])c1ccc(N2CC[NH+](Cc3nc(-c4ccccc4)no3)CC2)cc1. The number of nitrogens with one attached hydrogen (secondary N) is 1. The first-order chi connectivity index (χ1) is 13.2. The van der Waals surface area contributed by atoms with Gasteiger partial charge in [-0.2, -0.15) is 4.98 Å². The lowest BCUT2D eigenvalue weighted by atomic mass is 10.2. The molecule has 1 fully saturated rings. The summed E-state index contributed by atoms with van der Waals surface area (Å²) in [4.78, 5) is 18.5. The highest BCUT2D eigenvalue weighted by atomic mass is 16.6. The second-order valence-electron chi connectivity index (χ2n) is 6.57. The molecule has 0 bridgehead atoms. The highest BCUT2D eigenvalue weighted by Gasteiger charge is 2.23. The fraction of sp³-hybridized carbons (Fsp3) is 0.263. The second-order valence-corrected chi connectivity index (χ2v) is 6.57. The number of quaternary nitrogens is 1. The summed E-state index contributed by atoms with van der Waals surface area (Å²) in [6, 6.07) is 16.5. The molecule has 27 heavy (non-hydrogen) atoms. The summed E-state index contributed by atoms with van der Waals surface area (Å²) in [5.41, 5.74) is 2.09. The molecule has 0 spiro atoms. The Labute approximate surface area is 156 Å².